The summed E-state index contributed by atoms with van der Waals surface area (Å²) in [6.45, 7) is 0.754. The van der Waals surface area contributed by atoms with Crippen molar-refractivity contribution in [3.63, 3.8) is 0 Å². The van der Waals surface area contributed by atoms with Crippen molar-refractivity contribution in [3.05, 3.63) is 18.2 Å². The van der Waals surface area contributed by atoms with Gasteiger partial charge in [-0.15, -0.1) is 0 Å². The molecule has 2 aliphatic rings. The summed E-state index contributed by atoms with van der Waals surface area (Å²) in [6, 6.07) is 0.127. The van der Waals surface area contributed by atoms with Crippen molar-refractivity contribution in [1.82, 2.24) is 14.9 Å². The number of fused-ring (bicyclic) bond motifs is 1. The smallest absolute Gasteiger partial charge is 0.220 e. The number of carbonyl (C=O) groups excluding carboxylic acids is 1. The molecule has 6 nitrogen and oxygen atoms in total. The molecule has 20 heavy (non-hydrogen) atoms. The second-order valence-electron chi connectivity index (χ2n) is 5.77. The second kappa shape index (κ2) is 5.20. The van der Waals surface area contributed by atoms with E-state index in [1.807, 2.05) is 6.20 Å². The number of hydrogen-bond acceptors (Lipinski definition) is 4. The van der Waals surface area contributed by atoms with Crippen molar-refractivity contribution >= 4 is 15.7 Å². The van der Waals surface area contributed by atoms with Crippen LogP contribution < -0.4 is 5.32 Å². The molecule has 0 radical (unpaired) electrons. The lowest BCUT2D eigenvalue weighted by molar-refractivity contribution is -0.122. The fourth-order valence-electron chi connectivity index (χ4n) is 3.07. The van der Waals surface area contributed by atoms with Crippen LogP contribution in [0.4, 0.5) is 0 Å². The number of nitrogens with one attached hydrogen (secondary N) is 1. The van der Waals surface area contributed by atoms with E-state index in [4.69, 9.17) is 0 Å². The van der Waals surface area contributed by atoms with Gasteiger partial charge in [-0.05, 0) is 18.8 Å². The van der Waals surface area contributed by atoms with Crippen molar-refractivity contribution in [1.29, 1.82) is 0 Å². The van der Waals surface area contributed by atoms with Gasteiger partial charge in [-0.1, -0.05) is 0 Å². The van der Waals surface area contributed by atoms with E-state index in [2.05, 4.69) is 14.9 Å². The van der Waals surface area contributed by atoms with Crippen molar-refractivity contribution in [2.75, 3.05) is 11.5 Å². The van der Waals surface area contributed by atoms with Gasteiger partial charge in [-0.25, -0.2) is 13.4 Å². The zero-order valence-electron chi connectivity index (χ0n) is 11.3. The van der Waals surface area contributed by atoms with Crippen molar-refractivity contribution in [3.8, 4) is 0 Å². The van der Waals surface area contributed by atoms with Gasteiger partial charge in [0.05, 0.1) is 11.5 Å². The first-order chi connectivity index (χ1) is 9.52. The number of carbonyl (C=O) groups is 1. The Bertz CT molecular complexity index is 608. The predicted octanol–water partition coefficient (Wildman–Crippen LogP) is 0.139. The van der Waals surface area contributed by atoms with Crippen LogP contribution >= 0.6 is 0 Å². The lowest BCUT2D eigenvalue weighted by Crippen LogP contribution is -2.41. The predicted molar refractivity (Wildman–Crippen MR) is 73.9 cm³/mol. The highest BCUT2D eigenvalue weighted by atomic mass is 32.2. The summed E-state index contributed by atoms with van der Waals surface area (Å²) in [5.41, 5.74) is 0. The molecule has 0 saturated carbocycles. The van der Waals surface area contributed by atoms with Crippen molar-refractivity contribution < 1.29 is 13.2 Å². The molecular formula is C13H19N3O3S. The number of nitrogens with zero attached hydrogens (tertiary/aromatic N) is 2. The molecule has 3 heterocycles. The van der Waals surface area contributed by atoms with Gasteiger partial charge in [0.2, 0.25) is 5.91 Å². The molecule has 110 valence electrons. The van der Waals surface area contributed by atoms with Gasteiger partial charge in [0.1, 0.15) is 5.82 Å². The minimum atomic E-state index is -2.90. The zero-order valence-corrected chi connectivity index (χ0v) is 12.1. The molecule has 1 amide bonds. The van der Waals surface area contributed by atoms with Crippen molar-refractivity contribution in [2.45, 2.75) is 38.3 Å². The molecule has 0 unspecified atom stereocenters. The van der Waals surface area contributed by atoms with Crippen molar-refractivity contribution in [2.24, 2.45) is 5.92 Å². The standard InChI is InChI=1S/C13H19N3O3S/c17-13(7-10-3-6-20(18,19)9-10)15-11-1-2-12-14-4-5-16(12)8-11/h4-5,10-11H,1-3,6-9H2,(H,15,17)/t10-,11+/m0/s1. The Morgan fingerprint density at radius 1 is 1.45 bits per heavy atom. The van der Waals surface area contributed by atoms with Gasteiger partial charge in [0, 0.05) is 37.8 Å². The summed E-state index contributed by atoms with van der Waals surface area (Å²) in [5.74, 6) is 1.43. The van der Waals surface area contributed by atoms with E-state index in [1.165, 1.54) is 0 Å². The Morgan fingerprint density at radius 2 is 2.30 bits per heavy atom. The van der Waals surface area contributed by atoms with Crippen LogP contribution in [0.3, 0.4) is 0 Å². The molecule has 3 rings (SSSR count). The summed E-state index contributed by atoms with van der Waals surface area (Å²) in [4.78, 5) is 16.3. The lowest BCUT2D eigenvalue weighted by atomic mass is 10.0. The van der Waals surface area contributed by atoms with E-state index in [9.17, 15) is 13.2 Å². The molecule has 0 bridgehead atoms. The highest BCUT2D eigenvalue weighted by Gasteiger charge is 2.30. The van der Waals surface area contributed by atoms with E-state index in [1.54, 1.807) is 6.20 Å². The molecule has 1 aromatic rings. The van der Waals surface area contributed by atoms with E-state index in [-0.39, 0.29) is 29.4 Å². The summed E-state index contributed by atoms with van der Waals surface area (Å²) in [7, 11) is -2.90. The zero-order chi connectivity index (χ0) is 14.2. The van der Waals surface area contributed by atoms with Crippen LogP contribution in [0, 0.1) is 5.92 Å². The van der Waals surface area contributed by atoms with E-state index < -0.39 is 9.84 Å². The molecule has 2 atom stereocenters. The third kappa shape index (κ3) is 3.03. The first kappa shape index (κ1) is 13.6. The van der Waals surface area contributed by atoms with Crippen LogP contribution in [0.1, 0.15) is 25.1 Å². The maximum atomic E-state index is 12.0. The van der Waals surface area contributed by atoms with Gasteiger partial charge < -0.3 is 9.88 Å². The molecule has 2 aliphatic heterocycles. The monoisotopic (exact) mass is 297 g/mol. The number of sulfone groups is 1. The van der Waals surface area contributed by atoms with Crippen LogP contribution in [0.15, 0.2) is 12.4 Å². The van der Waals surface area contributed by atoms with Crippen LogP contribution in [0.25, 0.3) is 0 Å². The van der Waals surface area contributed by atoms with Gasteiger partial charge in [-0.3, -0.25) is 4.79 Å². The highest BCUT2D eigenvalue weighted by molar-refractivity contribution is 7.91. The van der Waals surface area contributed by atoms with Gasteiger partial charge in [-0.2, -0.15) is 0 Å². The maximum absolute atomic E-state index is 12.0. The molecule has 1 aromatic heterocycles. The first-order valence-electron chi connectivity index (χ1n) is 7.02. The number of imidazole rings is 1. The third-order valence-electron chi connectivity index (χ3n) is 4.10. The topological polar surface area (TPSA) is 81.1 Å². The summed E-state index contributed by atoms with van der Waals surface area (Å²) in [5, 5.41) is 3.02. The molecule has 1 fully saturated rings. The van der Waals surface area contributed by atoms with Crippen LogP contribution in [0.2, 0.25) is 0 Å². The number of rotatable bonds is 3. The highest BCUT2D eigenvalue weighted by Crippen LogP contribution is 2.21. The summed E-state index contributed by atoms with van der Waals surface area (Å²) < 4.78 is 24.8. The Hall–Kier alpha value is -1.37. The fraction of sp³-hybridized carbons (Fsp3) is 0.692. The van der Waals surface area contributed by atoms with E-state index in [0.717, 1.165) is 25.2 Å². The minimum absolute atomic E-state index is 0.00704. The molecule has 1 saturated heterocycles. The fourth-order valence-corrected chi connectivity index (χ4v) is 4.93. The second-order valence-corrected chi connectivity index (χ2v) is 8.00. The minimum Gasteiger partial charge on any atom is -0.352 e. The molecule has 7 heteroatoms. The molecule has 0 aromatic carbocycles. The number of aryl methyl sites for hydroxylation is 1. The normalized spacial score (nSPS) is 28.0. The third-order valence-corrected chi connectivity index (χ3v) is 5.94. The molecule has 0 aliphatic carbocycles. The van der Waals surface area contributed by atoms with Gasteiger partial charge in [0.15, 0.2) is 9.84 Å². The number of amides is 1. The quantitative estimate of drug-likeness (QED) is 0.860. The van der Waals surface area contributed by atoms with Crippen LogP contribution in [-0.2, 0) is 27.6 Å². The average molecular weight is 297 g/mol. The number of aromatic nitrogens is 2. The Balaban J connectivity index is 1.51. The average Bonchev–Trinajstić information content (AvgIpc) is 2.95. The molecular weight excluding hydrogens is 278 g/mol. The Morgan fingerprint density at radius 3 is 3.05 bits per heavy atom. The van der Waals surface area contributed by atoms with Gasteiger partial charge in [0.25, 0.3) is 0 Å². The van der Waals surface area contributed by atoms with Crippen LogP contribution in [-0.4, -0.2) is 41.4 Å². The first-order valence-corrected chi connectivity index (χ1v) is 8.84. The summed E-state index contributed by atoms with van der Waals surface area (Å²) in [6.07, 6.45) is 6.42. The largest absolute Gasteiger partial charge is 0.352 e. The van der Waals surface area contributed by atoms with Gasteiger partial charge >= 0.3 is 0 Å². The lowest BCUT2D eigenvalue weighted by Gasteiger charge is -2.25. The molecule has 1 N–H and O–H groups in total. The van der Waals surface area contributed by atoms with E-state index in [0.29, 0.717) is 12.8 Å². The van der Waals surface area contributed by atoms with Crippen LogP contribution in [0.5, 0.6) is 0 Å². The SMILES string of the molecule is O=C(C[C@@H]1CCS(=O)(=O)C1)N[C@@H]1CCc2nccn2C1. The van der Waals surface area contributed by atoms with E-state index >= 15 is 0 Å². The summed E-state index contributed by atoms with van der Waals surface area (Å²) >= 11 is 0. The number of hydrogen-bond donors (Lipinski definition) is 1. The molecule has 0 spiro atoms. The Labute approximate surface area is 118 Å². The Kier molecular flexibility index (Phi) is 3.54. The maximum Gasteiger partial charge on any atom is 0.220 e.